The number of halogens is 4. The van der Waals surface area contributed by atoms with Gasteiger partial charge in [0.05, 0.1) is 5.56 Å². The van der Waals surface area contributed by atoms with Gasteiger partial charge < -0.3 is 15.4 Å². The number of carbonyl (C=O) groups is 2. The molecule has 0 spiro atoms. The topological polar surface area (TPSA) is 67.4 Å². The van der Waals surface area contributed by atoms with Crippen LogP contribution in [0, 0.1) is 11.7 Å². The van der Waals surface area contributed by atoms with E-state index in [9.17, 15) is 27.2 Å². The number of anilines is 1. The lowest BCUT2D eigenvalue weighted by molar-refractivity contribution is -0.138. The predicted octanol–water partition coefficient (Wildman–Crippen LogP) is 3.89. The lowest BCUT2D eigenvalue weighted by atomic mass is 10.1. The highest BCUT2D eigenvalue weighted by Gasteiger charge is 2.33. The van der Waals surface area contributed by atoms with Gasteiger partial charge in [-0.3, -0.25) is 9.59 Å². The molecule has 0 radical (unpaired) electrons. The van der Waals surface area contributed by atoms with Crippen molar-refractivity contribution in [1.29, 1.82) is 0 Å². The molecule has 2 amide bonds. The number of hydrogen-bond donors (Lipinski definition) is 2. The molecule has 0 heterocycles. The van der Waals surface area contributed by atoms with Crippen molar-refractivity contribution in [1.82, 2.24) is 5.32 Å². The second-order valence-corrected chi connectivity index (χ2v) is 6.66. The Morgan fingerprint density at radius 1 is 1.10 bits per heavy atom. The van der Waals surface area contributed by atoms with Crippen LogP contribution in [0.15, 0.2) is 42.5 Å². The third-order valence-corrected chi connectivity index (χ3v) is 4.27. The van der Waals surface area contributed by atoms with Gasteiger partial charge in [0.25, 0.3) is 5.91 Å². The third kappa shape index (κ3) is 5.94. The zero-order valence-corrected chi connectivity index (χ0v) is 15.2. The average Bonchev–Trinajstić information content (AvgIpc) is 3.50. The first-order chi connectivity index (χ1) is 13.7. The smallest absolute Gasteiger partial charge is 0.416 e. The minimum absolute atomic E-state index is 0.0402. The van der Waals surface area contributed by atoms with E-state index in [0.717, 1.165) is 25.0 Å². The summed E-state index contributed by atoms with van der Waals surface area (Å²) in [4.78, 5) is 23.7. The van der Waals surface area contributed by atoms with Crippen LogP contribution in [-0.4, -0.2) is 18.4 Å². The van der Waals surface area contributed by atoms with E-state index in [-0.39, 0.29) is 17.4 Å². The summed E-state index contributed by atoms with van der Waals surface area (Å²) in [6.07, 6.45) is -3.00. The van der Waals surface area contributed by atoms with Crippen LogP contribution in [0.5, 0.6) is 5.75 Å². The number of nitrogens with one attached hydrogen (secondary N) is 2. The maximum absolute atomic E-state index is 13.1. The summed E-state index contributed by atoms with van der Waals surface area (Å²) in [5.74, 6) is -1.36. The van der Waals surface area contributed by atoms with Crippen molar-refractivity contribution in [3.05, 3.63) is 59.4 Å². The van der Waals surface area contributed by atoms with Crippen molar-refractivity contribution in [3.8, 4) is 5.75 Å². The van der Waals surface area contributed by atoms with Crippen molar-refractivity contribution in [2.24, 2.45) is 5.92 Å². The van der Waals surface area contributed by atoms with Gasteiger partial charge >= 0.3 is 6.18 Å². The second kappa shape index (κ2) is 8.50. The number of benzene rings is 2. The monoisotopic (exact) mass is 410 g/mol. The van der Waals surface area contributed by atoms with Gasteiger partial charge in [0.2, 0.25) is 5.91 Å². The van der Waals surface area contributed by atoms with Crippen LogP contribution < -0.4 is 15.4 Å². The number of amides is 2. The highest BCUT2D eigenvalue weighted by Crippen LogP contribution is 2.32. The third-order valence-electron chi connectivity index (χ3n) is 4.27. The van der Waals surface area contributed by atoms with Crippen LogP contribution in [0.3, 0.4) is 0 Å². The standard InChI is InChI=1S/C20H18F4N2O3/c21-14-7-6-13(17(8-14)20(22,23)24)10-25-18(27)11-29-16-3-1-2-15(9-16)26-19(28)12-4-5-12/h1-3,6-9,12H,4-5,10-11H2,(H,25,27)(H,26,28). The lowest BCUT2D eigenvalue weighted by Gasteiger charge is -2.14. The number of hydrogen-bond acceptors (Lipinski definition) is 3. The maximum Gasteiger partial charge on any atom is 0.416 e. The fraction of sp³-hybridized carbons (Fsp3) is 0.300. The van der Waals surface area contributed by atoms with Crippen molar-refractivity contribution >= 4 is 17.5 Å². The first-order valence-corrected chi connectivity index (χ1v) is 8.88. The maximum atomic E-state index is 13.1. The van der Waals surface area contributed by atoms with Gasteiger partial charge in [-0.05, 0) is 42.7 Å². The molecule has 5 nitrogen and oxygen atoms in total. The zero-order valence-electron chi connectivity index (χ0n) is 15.2. The highest BCUT2D eigenvalue weighted by molar-refractivity contribution is 5.94. The lowest BCUT2D eigenvalue weighted by Crippen LogP contribution is -2.29. The Labute approximate surface area is 164 Å². The van der Waals surface area contributed by atoms with Gasteiger partial charge in [-0.2, -0.15) is 13.2 Å². The molecule has 9 heteroatoms. The normalized spacial score (nSPS) is 13.7. The van der Waals surface area contributed by atoms with Crippen LogP contribution in [0.1, 0.15) is 24.0 Å². The van der Waals surface area contributed by atoms with E-state index in [4.69, 9.17) is 4.74 Å². The van der Waals surface area contributed by atoms with E-state index < -0.39 is 36.6 Å². The minimum atomic E-state index is -4.73. The molecule has 1 aliphatic carbocycles. The summed E-state index contributed by atoms with van der Waals surface area (Å²) in [6.45, 7) is -0.850. The van der Waals surface area contributed by atoms with E-state index >= 15 is 0 Å². The van der Waals surface area contributed by atoms with Crippen molar-refractivity contribution in [2.75, 3.05) is 11.9 Å². The minimum Gasteiger partial charge on any atom is -0.484 e. The summed E-state index contributed by atoms with van der Waals surface area (Å²) in [7, 11) is 0. The molecule has 0 saturated heterocycles. The predicted molar refractivity (Wildman–Crippen MR) is 96.5 cm³/mol. The summed E-state index contributed by atoms with van der Waals surface area (Å²) in [5.41, 5.74) is -0.865. The summed E-state index contributed by atoms with van der Waals surface area (Å²) < 4.78 is 57.3. The number of ether oxygens (including phenoxy) is 1. The molecule has 2 N–H and O–H groups in total. The van der Waals surface area contributed by atoms with Crippen LogP contribution in [0.2, 0.25) is 0 Å². The molecule has 0 unspecified atom stereocenters. The fourth-order valence-corrected chi connectivity index (χ4v) is 2.61. The van der Waals surface area contributed by atoms with Crippen LogP contribution in [0.4, 0.5) is 23.2 Å². The average molecular weight is 410 g/mol. The summed E-state index contributed by atoms with van der Waals surface area (Å²) in [5, 5.41) is 5.06. The van der Waals surface area contributed by atoms with Gasteiger partial charge in [0.1, 0.15) is 11.6 Å². The number of carbonyl (C=O) groups excluding carboxylic acids is 2. The Bertz CT molecular complexity index is 911. The molecule has 0 bridgehead atoms. The number of rotatable bonds is 7. The Morgan fingerprint density at radius 2 is 1.86 bits per heavy atom. The molecule has 2 aromatic carbocycles. The summed E-state index contributed by atoms with van der Waals surface area (Å²) in [6, 6.07) is 8.72. The largest absolute Gasteiger partial charge is 0.484 e. The van der Waals surface area contributed by atoms with Crippen LogP contribution >= 0.6 is 0 Å². The SMILES string of the molecule is O=C(COc1cccc(NC(=O)C2CC2)c1)NCc1ccc(F)cc1C(F)(F)F. The van der Waals surface area contributed by atoms with Crippen LogP contribution in [-0.2, 0) is 22.3 Å². The second-order valence-electron chi connectivity index (χ2n) is 6.66. The number of alkyl halides is 3. The molecule has 0 atom stereocenters. The molecule has 3 rings (SSSR count). The molecule has 0 aliphatic heterocycles. The van der Waals surface area contributed by atoms with Gasteiger partial charge in [-0.25, -0.2) is 4.39 Å². The molecule has 0 aromatic heterocycles. The molecular weight excluding hydrogens is 392 g/mol. The Morgan fingerprint density at radius 3 is 2.55 bits per heavy atom. The molecule has 1 saturated carbocycles. The summed E-state index contributed by atoms with van der Waals surface area (Å²) >= 11 is 0. The van der Waals surface area contributed by atoms with E-state index in [1.54, 1.807) is 24.3 Å². The van der Waals surface area contributed by atoms with Gasteiger partial charge in [0, 0.05) is 24.2 Å². The molecular formula is C20H18F4N2O3. The van der Waals surface area contributed by atoms with E-state index in [2.05, 4.69) is 10.6 Å². The highest BCUT2D eigenvalue weighted by atomic mass is 19.4. The van der Waals surface area contributed by atoms with Crippen molar-refractivity contribution in [3.63, 3.8) is 0 Å². The fourth-order valence-electron chi connectivity index (χ4n) is 2.61. The van der Waals surface area contributed by atoms with Gasteiger partial charge in [-0.1, -0.05) is 12.1 Å². The van der Waals surface area contributed by atoms with Gasteiger partial charge in [-0.15, -0.1) is 0 Å². The van der Waals surface area contributed by atoms with Gasteiger partial charge in [0.15, 0.2) is 6.61 Å². The molecule has 1 aliphatic rings. The Kier molecular flexibility index (Phi) is 6.05. The first kappa shape index (κ1) is 20.6. The zero-order chi connectivity index (χ0) is 21.0. The molecule has 29 heavy (non-hydrogen) atoms. The van der Waals surface area contributed by atoms with E-state index in [1.807, 2.05) is 0 Å². The molecule has 154 valence electrons. The van der Waals surface area contributed by atoms with E-state index in [0.29, 0.717) is 17.5 Å². The molecule has 2 aromatic rings. The Hall–Kier alpha value is -3.10. The van der Waals surface area contributed by atoms with E-state index in [1.165, 1.54) is 0 Å². The quantitative estimate of drug-likeness (QED) is 0.681. The van der Waals surface area contributed by atoms with Crippen molar-refractivity contribution < 1.29 is 31.9 Å². The first-order valence-electron chi connectivity index (χ1n) is 8.88. The Balaban J connectivity index is 1.52. The molecule has 1 fully saturated rings. The van der Waals surface area contributed by atoms with Crippen LogP contribution in [0.25, 0.3) is 0 Å². The van der Waals surface area contributed by atoms with Crippen molar-refractivity contribution in [2.45, 2.75) is 25.6 Å².